The zero-order valence-electron chi connectivity index (χ0n) is 11.8. The maximum Gasteiger partial charge on any atom is 0.241 e. The number of hydrogen-bond acceptors (Lipinski definition) is 3. The van der Waals surface area contributed by atoms with Crippen LogP contribution in [0.3, 0.4) is 0 Å². The summed E-state index contributed by atoms with van der Waals surface area (Å²) in [7, 11) is -4.25. The highest BCUT2D eigenvalue weighted by Crippen LogP contribution is 2.33. The first-order valence-corrected chi connectivity index (χ1v) is 8.54. The van der Waals surface area contributed by atoms with Crippen molar-refractivity contribution in [2.24, 2.45) is 11.1 Å². The normalized spacial score (nSPS) is 23.0. The molecule has 0 amide bonds. The Balaban J connectivity index is 2.31. The zero-order valence-corrected chi connectivity index (χ0v) is 12.6. The number of primary sulfonamides is 1. The first-order chi connectivity index (χ1) is 9.81. The van der Waals surface area contributed by atoms with E-state index in [-0.39, 0.29) is 6.10 Å². The molecule has 1 aliphatic rings. The molecule has 1 saturated carbocycles. The minimum atomic E-state index is -4.25. The molecule has 2 rings (SSSR count). The number of nitrogens with two attached hydrogens (primary N) is 1. The van der Waals surface area contributed by atoms with Gasteiger partial charge >= 0.3 is 0 Å². The quantitative estimate of drug-likeness (QED) is 0.927. The highest BCUT2D eigenvalue weighted by Gasteiger charge is 2.27. The molecule has 0 aromatic heterocycles. The highest BCUT2D eigenvalue weighted by atomic mass is 32.2. The van der Waals surface area contributed by atoms with Crippen molar-refractivity contribution in [1.29, 1.82) is 0 Å². The molecule has 1 aliphatic carbocycles. The molecule has 0 spiro atoms. The summed E-state index contributed by atoms with van der Waals surface area (Å²) in [5, 5.41) is 5.01. The van der Waals surface area contributed by atoms with Gasteiger partial charge in [0.05, 0.1) is 6.10 Å². The summed E-state index contributed by atoms with van der Waals surface area (Å²) in [5.41, 5.74) is 0. The van der Waals surface area contributed by atoms with Gasteiger partial charge in [-0.2, -0.15) is 0 Å². The maximum absolute atomic E-state index is 13.9. The number of hydrogen-bond donors (Lipinski definition) is 1. The molecule has 0 saturated heterocycles. The lowest BCUT2D eigenvalue weighted by molar-refractivity contribution is 0.113. The van der Waals surface area contributed by atoms with Gasteiger partial charge in [0.2, 0.25) is 10.0 Å². The molecular weight excluding hydrogens is 300 g/mol. The number of ether oxygens (including phenoxy) is 1. The summed E-state index contributed by atoms with van der Waals surface area (Å²) in [6.07, 6.45) is 4.20. The van der Waals surface area contributed by atoms with Gasteiger partial charge in [0, 0.05) is 6.07 Å². The molecule has 21 heavy (non-hydrogen) atoms. The zero-order chi connectivity index (χ0) is 15.6. The third-order valence-corrected chi connectivity index (χ3v) is 4.79. The SMILES string of the molecule is CCC1CCCC(Oc2c(F)cc(F)cc2S(N)(=O)=O)C1. The molecule has 118 valence electrons. The molecule has 0 radical (unpaired) electrons. The van der Waals surface area contributed by atoms with Crippen molar-refractivity contribution in [1.82, 2.24) is 0 Å². The average Bonchev–Trinajstić information content (AvgIpc) is 2.40. The monoisotopic (exact) mass is 319 g/mol. The van der Waals surface area contributed by atoms with Gasteiger partial charge in [-0.1, -0.05) is 19.8 Å². The molecule has 1 aromatic rings. The maximum atomic E-state index is 13.9. The lowest BCUT2D eigenvalue weighted by Gasteiger charge is -2.29. The standard InChI is InChI=1S/C14H19F2NO3S/c1-2-9-4-3-5-11(6-9)20-14-12(16)7-10(15)8-13(14)21(17,18)19/h7-9,11H,2-6H2,1H3,(H2,17,18,19). The van der Waals surface area contributed by atoms with Crippen LogP contribution in [0.4, 0.5) is 8.78 Å². The summed E-state index contributed by atoms with van der Waals surface area (Å²) in [6.45, 7) is 2.07. The second kappa shape index (κ2) is 6.27. The van der Waals surface area contributed by atoms with Crippen molar-refractivity contribution in [2.75, 3.05) is 0 Å². The summed E-state index contributed by atoms with van der Waals surface area (Å²) >= 11 is 0. The Bertz CT molecular complexity index is 619. The van der Waals surface area contributed by atoms with Gasteiger partial charge in [0.1, 0.15) is 10.7 Å². The van der Waals surface area contributed by atoms with Crippen molar-refractivity contribution in [3.8, 4) is 5.75 Å². The van der Waals surface area contributed by atoms with Gasteiger partial charge in [-0.05, 0) is 31.2 Å². The summed E-state index contributed by atoms with van der Waals surface area (Å²) < 4.78 is 55.6. The van der Waals surface area contributed by atoms with Crippen molar-refractivity contribution in [3.63, 3.8) is 0 Å². The van der Waals surface area contributed by atoms with Crippen LogP contribution in [0.15, 0.2) is 17.0 Å². The van der Waals surface area contributed by atoms with Gasteiger partial charge in [-0.3, -0.25) is 0 Å². The Morgan fingerprint density at radius 3 is 2.67 bits per heavy atom. The number of sulfonamides is 1. The lowest BCUT2D eigenvalue weighted by Crippen LogP contribution is -2.27. The number of halogens is 2. The lowest BCUT2D eigenvalue weighted by atomic mass is 9.85. The van der Waals surface area contributed by atoms with Gasteiger partial charge in [0.15, 0.2) is 11.6 Å². The molecule has 2 unspecified atom stereocenters. The number of rotatable bonds is 4. The van der Waals surface area contributed by atoms with E-state index in [0.717, 1.165) is 32.1 Å². The Morgan fingerprint density at radius 1 is 1.33 bits per heavy atom. The van der Waals surface area contributed by atoms with Gasteiger partial charge in [0.25, 0.3) is 0 Å². The van der Waals surface area contributed by atoms with Crippen LogP contribution in [0, 0.1) is 17.6 Å². The van der Waals surface area contributed by atoms with Crippen molar-refractivity contribution in [2.45, 2.75) is 50.0 Å². The second-order valence-electron chi connectivity index (χ2n) is 5.44. The van der Waals surface area contributed by atoms with E-state index in [0.29, 0.717) is 18.1 Å². The molecule has 4 nitrogen and oxygen atoms in total. The van der Waals surface area contributed by atoms with Crippen molar-refractivity contribution in [3.05, 3.63) is 23.8 Å². The molecule has 0 heterocycles. The molecule has 0 bridgehead atoms. The molecule has 2 atom stereocenters. The molecule has 1 fully saturated rings. The first kappa shape index (κ1) is 16.2. The molecule has 7 heteroatoms. The minimum Gasteiger partial charge on any atom is -0.486 e. The Morgan fingerprint density at radius 2 is 2.05 bits per heavy atom. The van der Waals surface area contributed by atoms with Crippen molar-refractivity contribution < 1.29 is 21.9 Å². The fourth-order valence-electron chi connectivity index (χ4n) is 2.75. The largest absolute Gasteiger partial charge is 0.486 e. The van der Waals surface area contributed by atoms with E-state index >= 15 is 0 Å². The van der Waals surface area contributed by atoms with E-state index in [1.165, 1.54) is 0 Å². The third kappa shape index (κ3) is 3.91. The minimum absolute atomic E-state index is 0.274. The highest BCUT2D eigenvalue weighted by molar-refractivity contribution is 7.89. The summed E-state index contributed by atoms with van der Waals surface area (Å²) in [6, 6.07) is 1.29. The Hall–Kier alpha value is -1.21. The van der Waals surface area contributed by atoms with Crippen LogP contribution < -0.4 is 9.88 Å². The summed E-state index contributed by atoms with van der Waals surface area (Å²) in [5.74, 6) is -2.04. The fraction of sp³-hybridized carbons (Fsp3) is 0.571. The number of benzene rings is 1. The predicted molar refractivity (Wildman–Crippen MR) is 74.4 cm³/mol. The average molecular weight is 319 g/mol. The van der Waals surface area contributed by atoms with Crippen LogP contribution in [0.5, 0.6) is 5.75 Å². The molecule has 2 N–H and O–H groups in total. The summed E-state index contributed by atoms with van der Waals surface area (Å²) in [4.78, 5) is -0.640. The van der Waals surface area contributed by atoms with Crippen molar-refractivity contribution >= 4 is 10.0 Å². The van der Waals surface area contributed by atoms with Crippen LogP contribution >= 0.6 is 0 Å². The second-order valence-corrected chi connectivity index (χ2v) is 6.97. The molecule has 0 aliphatic heterocycles. The third-order valence-electron chi connectivity index (χ3n) is 3.88. The predicted octanol–water partition coefficient (Wildman–Crippen LogP) is 2.96. The topological polar surface area (TPSA) is 69.4 Å². The smallest absolute Gasteiger partial charge is 0.241 e. The first-order valence-electron chi connectivity index (χ1n) is 6.99. The van der Waals surface area contributed by atoms with Gasteiger partial charge < -0.3 is 4.74 Å². The molecule has 1 aromatic carbocycles. The van der Waals surface area contributed by atoms with E-state index < -0.39 is 32.3 Å². The van der Waals surface area contributed by atoms with Gasteiger partial charge in [-0.15, -0.1) is 0 Å². The Labute approximate surface area is 123 Å². The van der Waals surface area contributed by atoms with Gasteiger partial charge in [-0.25, -0.2) is 22.3 Å². The van der Waals surface area contributed by atoms with Crippen LogP contribution in [-0.2, 0) is 10.0 Å². The van der Waals surface area contributed by atoms with E-state index in [4.69, 9.17) is 9.88 Å². The van der Waals surface area contributed by atoms with E-state index in [1.54, 1.807) is 0 Å². The van der Waals surface area contributed by atoms with E-state index in [2.05, 4.69) is 6.92 Å². The Kier molecular flexibility index (Phi) is 4.83. The van der Waals surface area contributed by atoms with E-state index in [1.807, 2.05) is 0 Å². The molecular formula is C14H19F2NO3S. The fourth-order valence-corrected chi connectivity index (χ4v) is 3.43. The van der Waals surface area contributed by atoms with Crippen LogP contribution in [0.1, 0.15) is 39.0 Å². The van der Waals surface area contributed by atoms with Crippen LogP contribution in [0.25, 0.3) is 0 Å². The van der Waals surface area contributed by atoms with Crippen LogP contribution in [0.2, 0.25) is 0 Å². The van der Waals surface area contributed by atoms with Crippen LogP contribution in [-0.4, -0.2) is 14.5 Å². The van der Waals surface area contributed by atoms with E-state index in [9.17, 15) is 17.2 Å².